The van der Waals surface area contributed by atoms with E-state index in [9.17, 15) is 4.79 Å². The smallest absolute Gasteiger partial charge is 0.348 e. The molecule has 0 saturated carbocycles. The summed E-state index contributed by atoms with van der Waals surface area (Å²) in [4.78, 5) is 16.9. The Hall–Kier alpha value is -1.62. The molecule has 0 aromatic carbocycles. The minimum Gasteiger partial charge on any atom is -0.465 e. The number of methoxy groups -OCH3 is 1. The fourth-order valence-electron chi connectivity index (χ4n) is 1.37. The molecule has 2 aromatic heterocycles. The zero-order valence-corrected chi connectivity index (χ0v) is 9.22. The van der Waals surface area contributed by atoms with Crippen LogP contribution in [0.1, 0.15) is 15.4 Å². The summed E-state index contributed by atoms with van der Waals surface area (Å²) in [7, 11) is 1.36. The highest BCUT2D eigenvalue weighted by Crippen LogP contribution is 2.29. The highest BCUT2D eigenvalue weighted by molar-refractivity contribution is 7.20. The van der Waals surface area contributed by atoms with Gasteiger partial charge < -0.3 is 10.5 Å². The van der Waals surface area contributed by atoms with Gasteiger partial charge in [-0.05, 0) is 19.1 Å². The van der Waals surface area contributed by atoms with Gasteiger partial charge in [-0.1, -0.05) is 0 Å². The molecule has 2 heterocycles. The van der Waals surface area contributed by atoms with Gasteiger partial charge in [0.1, 0.15) is 9.71 Å². The molecule has 0 amide bonds. The maximum atomic E-state index is 11.3. The molecule has 4 nitrogen and oxygen atoms in total. The zero-order valence-electron chi connectivity index (χ0n) is 8.40. The van der Waals surface area contributed by atoms with E-state index in [1.54, 1.807) is 12.1 Å². The van der Waals surface area contributed by atoms with Crippen LogP contribution in [0.4, 0.5) is 5.69 Å². The van der Waals surface area contributed by atoms with E-state index in [1.807, 2.05) is 6.92 Å². The second-order valence-electron chi connectivity index (χ2n) is 3.17. The maximum Gasteiger partial charge on any atom is 0.348 e. The quantitative estimate of drug-likeness (QED) is 0.749. The standard InChI is InChI=1S/C10H10N2O2S/c1-5-3-7(11)6-4-8(10(13)14-2)15-9(6)12-5/h3-4H,1-2H3,(H2,11,12). The first-order chi connectivity index (χ1) is 7.11. The molecule has 0 spiro atoms. The Labute approximate surface area is 90.7 Å². The van der Waals surface area contributed by atoms with Crippen molar-refractivity contribution in [1.29, 1.82) is 0 Å². The fraction of sp³-hybridized carbons (Fsp3) is 0.200. The molecule has 0 saturated heterocycles. The topological polar surface area (TPSA) is 65.2 Å². The van der Waals surface area contributed by atoms with Crippen LogP contribution in [0.15, 0.2) is 12.1 Å². The summed E-state index contributed by atoms with van der Waals surface area (Å²) in [5.41, 5.74) is 7.31. The number of ether oxygens (including phenoxy) is 1. The van der Waals surface area contributed by atoms with Gasteiger partial charge in [0.25, 0.3) is 0 Å². The summed E-state index contributed by atoms with van der Waals surface area (Å²) >= 11 is 1.29. The third kappa shape index (κ3) is 1.66. The summed E-state index contributed by atoms with van der Waals surface area (Å²) < 4.78 is 4.64. The predicted octanol–water partition coefficient (Wildman–Crippen LogP) is 1.97. The number of fused-ring (bicyclic) bond motifs is 1. The van der Waals surface area contributed by atoms with E-state index in [-0.39, 0.29) is 5.97 Å². The Kier molecular flexibility index (Phi) is 2.32. The zero-order chi connectivity index (χ0) is 11.0. The number of nitrogen functional groups attached to an aromatic ring is 1. The van der Waals surface area contributed by atoms with Crippen molar-refractivity contribution in [3.05, 3.63) is 22.7 Å². The van der Waals surface area contributed by atoms with Gasteiger partial charge in [0.2, 0.25) is 0 Å². The van der Waals surface area contributed by atoms with E-state index in [1.165, 1.54) is 18.4 Å². The molecule has 0 atom stereocenters. The molecule has 0 aliphatic rings. The molecule has 0 aliphatic heterocycles. The number of nitrogens with two attached hydrogens (primary N) is 1. The van der Waals surface area contributed by atoms with E-state index >= 15 is 0 Å². The van der Waals surface area contributed by atoms with Crippen molar-refractivity contribution in [3.8, 4) is 0 Å². The molecule has 0 aliphatic carbocycles. The highest BCUT2D eigenvalue weighted by Gasteiger charge is 2.12. The first-order valence-corrected chi connectivity index (χ1v) is 5.18. The van der Waals surface area contributed by atoms with Crippen LogP contribution in [0.3, 0.4) is 0 Å². The molecule has 2 aromatic rings. The van der Waals surface area contributed by atoms with Crippen LogP contribution in [0.25, 0.3) is 10.2 Å². The molecule has 0 fully saturated rings. The second kappa shape index (κ2) is 3.51. The largest absolute Gasteiger partial charge is 0.465 e. The number of pyridine rings is 1. The summed E-state index contributed by atoms with van der Waals surface area (Å²) in [6, 6.07) is 3.50. The van der Waals surface area contributed by atoms with Gasteiger partial charge >= 0.3 is 5.97 Å². The lowest BCUT2D eigenvalue weighted by Gasteiger charge is -1.96. The van der Waals surface area contributed by atoms with Gasteiger partial charge in [0.15, 0.2) is 0 Å². The molecular formula is C10H10N2O2S. The summed E-state index contributed by atoms with van der Waals surface area (Å²) in [5, 5.41) is 0.811. The van der Waals surface area contributed by atoms with E-state index in [0.29, 0.717) is 10.6 Å². The summed E-state index contributed by atoms with van der Waals surface area (Å²) in [6.07, 6.45) is 0. The van der Waals surface area contributed by atoms with E-state index in [2.05, 4.69) is 9.72 Å². The van der Waals surface area contributed by atoms with Crippen molar-refractivity contribution in [2.45, 2.75) is 6.92 Å². The van der Waals surface area contributed by atoms with Crippen molar-refractivity contribution in [2.24, 2.45) is 0 Å². The third-order valence-electron chi connectivity index (χ3n) is 2.05. The molecule has 0 radical (unpaired) electrons. The normalized spacial score (nSPS) is 10.5. The lowest BCUT2D eigenvalue weighted by Crippen LogP contribution is -1.96. The predicted molar refractivity (Wildman–Crippen MR) is 60.1 cm³/mol. The number of aromatic nitrogens is 1. The molecule has 2 rings (SSSR count). The van der Waals surface area contributed by atoms with E-state index in [4.69, 9.17) is 5.73 Å². The first kappa shape index (κ1) is 9.92. The van der Waals surface area contributed by atoms with Crippen molar-refractivity contribution >= 4 is 33.2 Å². The van der Waals surface area contributed by atoms with E-state index < -0.39 is 0 Å². The minimum atomic E-state index is -0.352. The molecule has 2 N–H and O–H groups in total. The number of rotatable bonds is 1. The lowest BCUT2D eigenvalue weighted by atomic mass is 10.2. The van der Waals surface area contributed by atoms with Crippen LogP contribution in [0.5, 0.6) is 0 Å². The van der Waals surface area contributed by atoms with Crippen LogP contribution >= 0.6 is 11.3 Å². The number of aryl methyl sites for hydroxylation is 1. The number of esters is 1. The fourth-order valence-corrected chi connectivity index (χ4v) is 2.40. The Morgan fingerprint density at radius 1 is 1.53 bits per heavy atom. The Morgan fingerprint density at radius 2 is 2.27 bits per heavy atom. The molecule has 0 unspecified atom stereocenters. The number of nitrogens with zero attached hydrogens (tertiary/aromatic N) is 1. The van der Waals surface area contributed by atoms with Gasteiger partial charge in [-0.25, -0.2) is 9.78 Å². The lowest BCUT2D eigenvalue weighted by molar-refractivity contribution is 0.0606. The highest BCUT2D eigenvalue weighted by atomic mass is 32.1. The Bertz CT molecular complexity index is 533. The molecule has 78 valence electrons. The van der Waals surface area contributed by atoms with Crippen molar-refractivity contribution in [3.63, 3.8) is 0 Å². The number of carbonyl (C=O) groups is 1. The van der Waals surface area contributed by atoms with Gasteiger partial charge in [0.05, 0.1) is 7.11 Å². The van der Waals surface area contributed by atoms with Crippen molar-refractivity contribution in [2.75, 3.05) is 12.8 Å². The Balaban J connectivity index is 2.65. The number of hydrogen-bond donors (Lipinski definition) is 1. The van der Waals surface area contributed by atoms with Crippen molar-refractivity contribution in [1.82, 2.24) is 4.98 Å². The van der Waals surface area contributed by atoms with Crippen LogP contribution in [0, 0.1) is 6.92 Å². The monoisotopic (exact) mass is 222 g/mol. The molecule has 0 bridgehead atoms. The number of hydrogen-bond acceptors (Lipinski definition) is 5. The number of anilines is 1. The van der Waals surface area contributed by atoms with Gasteiger partial charge in [-0.15, -0.1) is 11.3 Å². The average Bonchev–Trinajstić information content (AvgIpc) is 2.60. The Morgan fingerprint density at radius 3 is 2.93 bits per heavy atom. The second-order valence-corrected chi connectivity index (χ2v) is 4.20. The SMILES string of the molecule is COC(=O)c1cc2c(N)cc(C)nc2s1. The van der Waals surface area contributed by atoms with Crippen LogP contribution < -0.4 is 5.73 Å². The summed E-state index contributed by atoms with van der Waals surface area (Å²) in [6.45, 7) is 1.87. The van der Waals surface area contributed by atoms with Crippen LogP contribution in [0.2, 0.25) is 0 Å². The average molecular weight is 222 g/mol. The summed E-state index contributed by atoms with van der Waals surface area (Å²) in [5.74, 6) is -0.352. The van der Waals surface area contributed by atoms with Gasteiger partial charge in [-0.2, -0.15) is 0 Å². The molecule has 5 heteroatoms. The van der Waals surface area contributed by atoms with Gasteiger partial charge in [0, 0.05) is 16.8 Å². The van der Waals surface area contributed by atoms with Crippen molar-refractivity contribution < 1.29 is 9.53 Å². The van der Waals surface area contributed by atoms with Crippen LogP contribution in [-0.4, -0.2) is 18.1 Å². The molecular weight excluding hydrogens is 212 g/mol. The van der Waals surface area contributed by atoms with Crippen LogP contribution in [-0.2, 0) is 4.74 Å². The first-order valence-electron chi connectivity index (χ1n) is 4.37. The number of thiophene rings is 1. The number of carbonyl (C=O) groups excluding carboxylic acids is 1. The van der Waals surface area contributed by atoms with Gasteiger partial charge in [-0.3, -0.25) is 0 Å². The minimum absolute atomic E-state index is 0.352. The third-order valence-corrected chi connectivity index (χ3v) is 3.06. The maximum absolute atomic E-state index is 11.3. The molecule has 15 heavy (non-hydrogen) atoms. The van der Waals surface area contributed by atoms with E-state index in [0.717, 1.165) is 15.9 Å².